The van der Waals surface area contributed by atoms with Crippen molar-refractivity contribution in [1.82, 2.24) is 19.9 Å². The van der Waals surface area contributed by atoms with Crippen molar-refractivity contribution < 1.29 is 0 Å². The van der Waals surface area contributed by atoms with Crippen LogP contribution in [0.2, 0.25) is 0 Å². The van der Waals surface area contributed by atoms with Crippen LogP contribution >= 0.6 is 11.8 Å². The van der Waals surface area contributed by atoms with Crippen molar-refractivity contribution in [2.24, 2.45) is 0 Å². The molecular weight excluding hydrogens is 256 g/mol. The number of fused-ring (bicyclic) bond motifs is 1. The molecule has 1 saturated heterocycles. The Hall–Kier alpha value is -1.07. The average Bonchev–Trinajstić information content (AvgIpc) is 2.79. The fourth-order valence-corrected chi connectivity index (χ4v) is 3.54. The van der Waals surface area contributed by atoms with Crippen LogP contribution in [0.15, 0.2) is 18.3 Å². The highest BCUT2D eigenvalue weighted by molar-refractivity contribution is 7.99. The van der Waals surface area contributed by atoms with Crippen LogP contribution in [0.1, 0.15) is 19.2 Å². The summed E-state index contributed by atoms with van der Waals surface area (Å²) in [6.45, 7) is 4.32. The monoisotopic (exact) mass is 276 g/mol. The Morgan fingerprint density at radius 2 is 2.47 bits per heavy atom. The van der Waals surface area contributed by atoms with Crippen LogP contribution in [0.5, 0.6) is 0 Å². The first-order valence-electron chi connectivity index (χ1n) is 6.99. The minimum absolute atomic E-state index is 0.547. The van der Waals surface area contributed by atoms with Gasteiger partial charge in [0.15, 0.2) is 5.65 Å². The van der Waals surface area contributed by atoms with E-state index in [1.165, 1.54) is 17.3 Å². The molecule has 1 fully saturated rings. The summed E-state index contributed by atoms with van der Waals surface area (Å²) in [5.74, 6) is 3.59. The number of rotatable bonds is 4. The van der Waals surface area contributed by atoms with Crippen LogP contribution in [-0.2, 0) is 13.0 Å². The summed E-state index contributed by atoms with van der Waals surface area (Å²) in [6, 6.07) is 4.57. The zero-order valence-electron chi connectivity index (χ0n) is 11.3. The summed E-state index contributed by atoms with van der Waals surface area (Å²) in [7, 11) is 0. The van der Waals surface area contributed by atoms with Gasteiger partial charge in [0.05, 0.1) is 0 Å². The molecule has 3 rings (SSSR count). The van der Waals surface area contributed by atoms with E-state index in [1.54, 1.807) is 0 Å². The number of aromatic nitrogens is 3. The molecule has 19 heavy (non-hydrogen) atoms. The van der Waals surface area contributed by atoms with Crippen molar-refractivity contribution in [2.45, 2.75) is 32.4 Å². The molecule has 1 aliphatic rings. The maximum Gasteiger partial charge on any atom is 0.159 e. The molecule has 0 saturated carbocycles. The van der Waals surface area contributed by atoms with Gasteiger partial charge in [0.2, 0.25) is 0 Å². The summed E-state index contributed by atoms with van der Waals surface area (Å²) >= 11 is 2.03. The van der Waals surface area contributed by atoms with Gasteiger partial charge in [0.25, 0.3) is 0 Å². The highest BCUT2D eigenvalue weighted by atomic mass is 32.2. The minimum Gasteiger partial charge on any atom is -0.313 e. The molecule has 0 spiro atoms. The van der Waals surface area contributed by atoms with Crippen LogP contribution < -0.4 is 5.32 Å². The Balaban J connectivity index is 1.90. The maximum absolute atomic E-state index is 4.78. The predicted octanol–water partition coefficient (Wildman–Crippen LogP) is 2.09. The van der Waals surface area contributed by atoms with Crippen LogP contribution in [0.25, 0.3) is 11.2 Å². The Kier molecular flexibility index (Phi) is 4.03. The second-order valence-corrected chi connectivity index (χ2v) is 6.11. The largest absolute Gasteiger partial charge is 0.313 e. The molecule has 0 aromatic carbocycles. The van der Waals surface area contributed by atoms with Crippen molar-refractivity contribution in [3.8, 4) is 0 Å². The molecule has 0 radical (unpaired) electrons. The van der Waals surface area contributed by atoms with E-state index in [1.807, 2.05) is 24.0 Å². The lowest BCUT2D eigenvalue weighted by molar-refractivity contribution is 0.530. The van der Waals surface area contributed by atoms with E-state index in [0.717, 1.165) is 37.1 Å². The molecule has 1 atom stereocenters. The standard InChI is InChI=1S/C14H20N4S/c1-2-7-18-13(9-11-10-19-8-6-15-11)17-12-4-3-5-16-14(12)18/h3-5,11,15H,2,6-10H2,1H3. The summed E-state index contributed by atoms with van der Waals surface area (Å²) in [5, 5.41) is 3.59. The van der Waals surface area contributed by atoms with Gasteiger partial charge < -0.3 is 9.88 Å². The van der Waals surface area contributed by atoms with Crippen molar-refractivity contribution in [3.05, 3.63) is 24.2 Å². The van der Waals surface area contributed by atoms with Crippen molar-refractivity contribution in [1.29, 1.82) is 0 Å². The molecule has 3 heterocycles. The molecule has 2 aromatic rings. The molecule has 1 unspecified atom stereocenters. The van der Waals surface area contributed by atoms with E-state index in [9.17, 15) is 0 Å². The average molecular weight is 276 g/mol. The van der Waals surface area contributed by atoms with Crippen molar-refractivity contribution >= 4 is 22.9 Å². The number of aryl methyl sites for hydroxylation is 1. The molecular formula is C14H20N4S. The summed E-state index contributed by atoms with van der Waals surface area (Å²) in [4.78, 5) is 9.26. The van der Waals surface area contributed by atoms with Crippen LogP contribution in [0.4, 0.5) is 0 Å². The SMILES string of the molecule is CCCn1c(CC2CSCCN2)nc2cccnc21. The van der Waals surface area contributed by atoms with E-state index in [0.29, 0.717) is 6.04 Å². The predicted molar refractivity (Wildman–Crippen MR) is 80.6 cm³/mol. The Morgan fingerprint density at radius 1 is 1.53 bits per heavy atom. The summed E-state index contributed by atoms with van der Waals surface area (Å²) < 4.78 is 2.29. The number of nitrogens with zero attached hydrogens (tertiary/aromatic N) is 3. The van der Waals surface area contributed by atoms with Gasteiger partial charge in [-0.05, 0) is 18.6 Å². The van der Waals surface area contributed by atoms with E-state index < -0.39 is 0 Å². The molecule has 0 bridgehead atoms. The summed E-state index contributed by atoms with van der Waals surface area (Å²) in [5.41, 5.74) is 2.05. The van der Waals surface area contributed by atoms with Gasteiger partial charge in [0.1, 0.15) is 11.3 Å². The van der Waals surface area contributed by atoms with Gasteiger partial charge in [-0.1, -0.05) is 6.92 Å². The number of imidazole rings is 1. The van der Waals surface area contributed by atoms with Gasteiger partial charge in [-0.3, -0.25) is 0 Å². The third-order valence-corrected chi connectivity index (χ3v) is 4.59. The molecule has 5 heteroatoms. The summed E-state index contributed by atoms with van der Waals surface area (Å²) in [6.07, 6.45) is 3.97. The first kappa shape index (κ1) is 12.9. The molecule has 1 N–H and O–H groups in total. The lowest BCUT2D eigenvalue weighted by atomic mass is 10.2. The van der Waals surface area contributed by atoms with Crippen LogP contribution in [0.3, 0.4) is 0 Å². The first-order valence-corrected chi connectivity index (χ1v) is 8.15. The van der Waals surface area contributed by atoms with Gasteiger partial charge in [0, 0.05) is 43.3 Å². The van der Waals surface area contributed by atoms with Gasteiger partial charge in [-0.25, -0.2) is 9.97 Å². The number of pyridine rings is 1. The van der Waals surface area contributed by atoms with E-state index in [2.05, 4.69) is 27.9 Å². The molecule has 102 valence electrons. The minimum atomic E-state index is 0.547. The fraction of sp³-hybridized carbons (Fsp3) is 0.571. The Morgan fingerprint density at radius 3 is 3.26 bits per heavy atom. The second-order valence-electron chi connectivity index (χ2n) is 4.96. The number of hydrogen-bond acceptors (Lipinski definition) is 4. The fourth-order valence-electron chi connectivity index (χ4n) is 2.59. The smallest absolute Gasteiger partial charge is 0.159 e. The lowest BCUT2D eigenvalue weighted by Crippen LogP contribution is -2.39. The quantitative estimate of drug-likeness (QED) is 0.928. The van der Waals surface area contributed by atoms with Crippen LogP contribution in [-0.4, -0.2) is 38.6 Å². The van der Waals surface area contributed by atoms with Gasteiger partial charge in [-0.2, -0.15) is 11.8 Å². The molecule has 0 amide bonds. The first-order chi connectivity index (χ1) is 9.38. The van der Waals surface area contributed by atoms with Crippen LogP contribution in [0, 0.1) is 0 Å². The highest BCUT2D eigenvalue weighted by Crippen LogP contribution is 2.17. The topological polar surface area (TPSA) is 42.7 Å². The Bertz CT molecular complexity index is 545. The molecule has 4 nitrogen and oxygen atoms in total. The molecule has 2 aromatic heterocycles. The zero-order chi connectivity index (χ0) is 13.1. The number of nitrogens with one attached hydrogen (secondary N) is 1. The number of hydrogen-bond donors (Lipinski definition) is 1. The van der Waals surface area contributed by atoms with Gasteiger partial charge >= 0.3 is 0 Å². The van der Waals surface area contributed by atoms with Crippen molar-refractivity contribution in [2.75, 3.05) is 18.1 Å². The molecule has 1 aliphatic heterocycles. The third kappa shape index (κ3) is 2.77. The van der Waals surface area contributed by atoms with Gasteiger partial charge in [-0.15, -0.1) is 0 Å². The maximum atomic E-state index is 4.78. The third-order valence-electron chi connectivity index (χ3n) is 3.46. The van der Waals surface area contributed by atoms with E-state index >= 15 is 0 Å². The lowest BCUT2D eigenvalue weighted by Gasteiger charge is -2.23. The normalized spacial score (nSPS) is 19.9. The molecule has 0 aliphatic carbocycles. The van der Waals surface area contributed by atoms with Crippen molar-refractivity contribution in [3.63, 3.8) is 0 Å². The Labute approximate surface area is 118 Å². The zero-order valence-corrected chi connectivity index (χ0v) is 12.1. The van der Waals surface area contributed by atoms with E-state index in [-0.39, 0.29) is 0 Å². The highest BCUT2D eigenvalue weighted by Gasteiger charge is 2.18. The number of thioether (sulfide) groups is 1. The second kappa shape index (κ2) is 5.92. The van der Waals surface area contributed by atoms with E-state index in [4.69, 9.17) is 4.98 Å².